The Morgan fingerprint density at radius 3 is 2.51 bits per heavy atom. The number of esters is 1. The molecule has 0 saturated heterocycles. The Bertz CT molecular complexity index is 1640. The smallest absolute Gasteiger partial charge is 0.338 e. The second kappa shape index (κ2) is 15.9. The first kappa shape index (κ1) is 34.0. The summed E-state index contributed by atoms with van der Waals surface area (Å²) in [5.41, 5.74) is 5.08. The van der Waals surface area contributed by atoms with Crippen molar-refractivity contribution in [2.24, 2.45) is 5.10 Å². The summed E-state index contributed by atoms with van der Waals surface area (Å²) < 4.78 is 37.3. The zero-order valence-electron chi connectivity index (χ0n) is 24.4. The Morgan fingerprint density at radius 1 is 1.07 bits per heavy atom. The third kappa shape index (κ3) is 9.06. The Balaban J connectivity index is 1.36. The highest BCUT2D eigenvalue weighted by Crippen LogP contribution is 2.35. The normalized spacial score (nSPS) is 14.4. The maximum atomic E-state index is 13.5. The molecule has 0 aromatic heterocycles. The lowest BCUT2D eigenvalue weighted by Crippen LogP contribution is -2.45. The number of urea groups is 1. The quantitative estimate of drug-likeness (QED) is 0.0970. The van der Waals surface area contributed by atoms with Gasteiger partial charge in [0.2, 0.25) is 0 Å². The van der Waals surface area contributed by atoms with Crippen molar-refractivity contribution >= 4 is 69.3 Å². The van der Waals surface area contributed by atoms with Gasteiger partial charge in [-0.2, -0.15) is 5.10 Å². The average molecular weight is 842 g/mol. The zero-order valence-corrected chi connectivity index (χ0v) is 28.7. The van der Waals surface area contributed by atoms with E-state index in [4.69, 9.17) is 18.9 Å². The summed E-state index contributed by atoms with van der Waals surface area (Å²) in [4.78, 5) is 37.2. The summed E-state index contributed by atoms with van der Waals surface area (Å²) in [6, 6.07) is 13.5. The maximum absolute atomic E-state index is 13.5. The molecule has 0 fully saturated rings. The molecule has 1 aliphatic heterocycles. The lowest BCUT2D eigenvalue weighted by atomic mass is 9.95. The van der Waals surface area contributed by atoms with Gasteiger partial charge in [0.05, 0.1) is 38.7 Å². The van der Waals surface area contributed by atoms with E-state index in [1.54, 1.807) is 44.2 Å². The number of methoxy groups -OCH3 is 1. The molecule has 0 bridgehead atoms. The number of hydrazone groups is 1. The van der Waals surface area contributed by atoms with Gasteiger partial charge in [0.25, 0.3) is 5.91 Å². The van der Waals surface area contributed by atoms with Gasteiger partial charge in [0, 0.05) is 5.70 Å². The van der Waals surface area contributed by atoms with Crippen LogP contribution < -0.4 is 30.3 Å². The Labute approximate surface area is 286 Å². The van der Waals surface area contributed by atoms with E-state index in [1.807, 2.05) is 12.1 Å². The number of nitrogens with one attached hydrogen (secondary N) is 3. The molecule has 3 N–H and O–H groups in total. The van der Waals surface area contributed by atoms with Crippen molar-refractivity contribution in [2.75, 3.05) is 20.3 Å². The predicted molar refractivity (Wildman–Crippen MR) is 181 cm³/mol. The van der Waals surface area contributed by atoms with Gasteiger partial charge in [-0.25, -0.2) is 19.4 Å². The van der Waals surface area contributed by atoms with Crippen LogP contribution in [0.2, 0.25) is 0 Å². The number of nitrogens with zero attached hydrogens (tertiary/aromatic N) is 1. The van der Waals surface area contributed by atoms with Crippen molar-refractivity contribution in [3.8, 4) is 17.2 Å². The fourth-order valence-corrected chi connectivity index (χ4v) is 6.46. The van der Waals surface area contributed by atoms with Crippen molar-refractivity contribution < 1.29 is 37.7 Å². The number of hydrogen-bond acceptors (Lipinski definition) is 8. The zero-order chi connectivity index (χ0) is 32.5. The molecule has 3 aromatic carbocycles. The Hall–Kier alpha value is -3.93. The van der Waals surface area contributed by atoms with E-state index in [-0.39, 0.29) is 37.0 Å². The minimum absolute atomic E-state index is 0.178. The number of hydrogen-bond donors (Lipinski definition) is 3. The molecule has 1 aliphatic rings. The second-order valence-corrected chi connectivity index (χ2v) is 11.8. The van der Waals surface area contributed by atoms with Crippen LogP contribution in [0.3, 0.4) is 0 Å². The SMILES string of the molecule is CCOC(=O)C1=C(C)NC(=O)N[C@@H]1c1ccc(OCC(=O)N/N=C\c2cc(I)c(OCc3cccc(F)c3)c(I)c2)c(OC)c1. The molecular formula is C31H29FI2N4O7. The summed E-state index contributed by atoms with van der Waals surface area (Å²) in [6.45, 7) is 3.36. The lowest BCUT2D eigenvalue weighted by Gasteiger charge is -2.28. The van der Waals surface area contributed by atoms with Crippen molar-refractivity contribution in [2.45, 2.75) is 26.5 Å². The first-order valence-corrected chi connectivity index (χ1v) is 15.7. The van der Waals surface area contributed by atoms with Gasteiger partial charge < -0.3 is 29.6 Å². The fraction of sp³-hybridized carbons (Fsp3) is 0.226. The van der Waals surface area contributed by atoms with E-state index >= 15 is 0 Å². The van der Waals surface area contributed by atoms with E-state index in [0.717, 1.165) is 18.3 Å². The van der Waals surface area contributed by atoms with Crippen molar-refractivity contribution in [1.82, 2.24) is 16.1 Å². The predicted octanol–water partition coefficient (Wildman–Crippen LogP) is 5.34. The molecule has 4 rings (SSSR count). The first-order valence-electron chi connectivity index (χ1n) is 13.5. The summed E-state index contributed by atoms with van der Waals surface area (Å²) in [7, 11) is 1.44. The molecule has 1 heterocycles. The summed E-state index contributed by atoms with van der Waals surface area (Å²) >= 11 is 4.29. The van der Waals surface area contributed by atoms with Gasteiger partial charge in [0.15, 0.2) is 18.1 Å². The molecule has 11 nitrogen and oxygen atoms in total. The number of allylic oxidation sites excluding steroid dienone is 1. The minimum Gasteiger partial charge on any atom is -0.493 e. The average Bonchev–Trinajstić information content (AvgIpc) is 2.99. The number of ether oxygens (including phenoxy) is 4. The highest BCUT2D eigenvalue weighted by atomic mass is 127. The van der Waals surface area contributed by atoms with Gasteiger partial charge in [-0.05, 0) is 112 Å². The molecule has 14 heteroatoms. The van der Waals surface area contributed by atoms with Crippen LogP contribution in [0.1, 0.15) is 36.6 Å². The van der Waals surface area contributed by atoms with Crippen LogP contribution in [0.4, 0.5) is 9.18 Å². The standard InChI is InChI=1S/C31H29FI2N4O7/c1-4-43-30(40)27-17(2)36-31(41)37-28(27)20-8-9-24(25(13-20)42-3)44-16-26(39)38-35-14-19-11-22(33)29(23(34)12-19)45-15-18-6-5-7-21(32)10-18/h5-14,28H,4,15-16H2,1-3H3,(H,38,39)(H2,36,37,41)/b35-14-/t28-/m1/s1. The molecule has 0 spiro atoms. The van der Waals surface area contributed by atoms with Crippen molar-refractivity contribution in [1.29, 1.82) is 0 Å². The van der Waals surface area contributed by atoms with Crippen LogP contribution in [0.25, 0.3) is 0 Å². The molecule has 236 valence electrons. The van der Waals surface area contributed by atoms with Gasteiger partial charge in [-0.15, -0.1) is 0 Å². The van der Waals surface area contributed by atoms with Crippen LogP contribution in [-0.4, -0.2) is 44.4 Å². The number of benzene rings is 3. The van der Waals surface area contributed by atoms with E-state index in [0.29, 0.717) is 22.8 Å². The second-order valence-electron chi connectivity index (χ2n) is 9.52. The number of carbonyl (C=O) groups excluding carboxylic acids is 3. The number of carbonyl (C=O) groups is 3. The maximum Gasteiger partial charge on any atom is 0.338 e. The summed E-state index contributed by atoms with van der Waals surface area (Å²) in [5.74, 6) is -0.151. The monoisotopic (exact) mass is 842 g/mol. The third-order valence-corrected chi connectivity index (χ3v) is 7.94. The molecule has 1 atom stereocenters. The van der Waals surface area contributed by atoms with Gasteiger partial charge in [-0.3, -0.25) is 4.79 Å². The summed E-state index contributed by atoms with van der Waals surface area (Å²) in [5, 5.41) is 9.34. The van der Waals surface area contributed by atoms with Crippen molar-refractivity contribution in [3.63, 3.8) is 0 Å². The van der Waals surface area contributed by atoms with Crippen LogP contribution in [0, 0.1) is 13.0 Å². The van der Waals surface area contributed by atoms with E-state index < -0.39 is 23.9 Å². The Morgan fingerprint density at radius 2 is 1.82 bits per heavy atom. The van der Waals surface area contributed by atoms with E-state index in [9.17, 15) is 18.8 Å². The molecule has 45 heavy (non-hydrogen) atoms. The largest absolute Gasteiger partial charge is 0.493 e. The number of amides is 3. The first-order chi connectivity index (χ1) is 21.6. The number of rotatable bonds is 12. The van der Waals surface area contributed by atoms with Crippen LogP contribution in [0.5, 0.6) is 17.2 Å². The molecule has 3 amide bonds. The van der Waals surface area contributed by atoms with Crippen LogP contribution in [-0.2, 0) is 20.9 Å². The third-order valence-electron chi connectivity index (χ3n) is 6.34. The molecule has 0 saturated carbocycles. The molecular weight excluding hydrogens is 813 g/mol. The van der Waals surface area contributed by atoms with Crippen molar-refractivity contribution in [3.05, 3.63) is 95.5 Å². The molecule has 0 unspecified atom stereocenters. The molecule has 0 aliphatic carbocycles. The lowest BCUT2D eigenvalue weighted by molar-refractivity contribution is -0.139. The van der Waals surface area contributed by atoms with Crippen LogP contribution in [0.15, 0.2) is 71.0 Å². The highest BCUT2D eigenvalue weighted by molar-refractivity contribution is 14.1. The fourth-order valence-electron chi connectivity index (χ4n) is 4.33. The minimum atomic E-state index is -0.779. The highest BCUT2D eigenvalue weighted by Gasteiger charge is 2.32. The van der Waals surface area contributed by atoms with Gasteiger partial charge in [0.1, 0.15) is 18.2 Å². The summed E-state index contributed by atoms with van der Waals surface area (Å²) in [6.07, 6.45) is 1.50. The van der Waals surface area contributed by atoms with Gasteiger partial charge >= 0.3 is 12.0 Å². The molecule has 3 aromatic rings. The van der Waals surface area contributed by atoms with E-state index in [1.165, 1.54) is 25.5 Å². The Kier molecular flexibility index (Phi) is 12.0. The van der Waals surface area contributed by atoms with Gasteiger partial charge in [-0.1, -0.05) is 18.2 Å². The van der Waals surface area contributed by atoms with Crippen LogP contribution >= 0.6 is 45.2 Å². The van der Waals surface area contributed by atoms with E-state index in [2.05, 4.69) is 66.3 Å². The number of halogens is 3. The molecule has 0 radical (unpaired) electrons. The topological polar surface area (TPSA) is 137 Å².